The average Bonchev–Trinajstić information content (AvgIpc) is 2.57. The number of fused-ring (bicyclic) bond motifs is 1. The molecule has 0 atom stereocenters. The van der Waals surface area contributed by atoms with Crippen LogP contribution >= 0.6 is 0 Å². The second kappa shape index (κ2) is 4.62. The number of Topliss-reactive ketones (excluding diaryl/α,β-unsaturated/α-hetero) is 1. The van der Waals surface area contributed by atoms with Crippen LogP contribution in [0.4, 0.5) is 0 Å². The molecule has 1 aliphatic carbocycles. The highest BCUT2D eigenvalue weighted by molar-refractivity contribution is 5.97. The highest BCUT2D eigenvalue weighted by Gasteiger charge is 2.17. The third kappa shape index (κ3) is 2.29. The standard InChI is InChI=1S/C12H17NO2/c1-2-15-9-13-7-10-5-3-4-6-12(14)11(10)8-13/h7-8H,2-6,9H2,1H3. The van der Waals surface area contributed by atoms with E-state index in [9.17, 15) is 4.79 Å². The van der Waals surface area contributed by atoms with E-state index in [1.54, 1.807) is 0 Å². The molecule has 2 rings (SSSR count). The van der Waals surface area contributed by atoms with Crippen LogP contribution in [0.2, 0.25) is 0 Å². The first kappa shape index (κ1) is 10.4. The number of ether oxygens (including phenoxy) is 1. The van der Waals surface area contributed by atoms with Crippen molar-refractivity contribution in [1.82, 2.24) is 4.57 Å². The number of hydrogen-bond acceptors (Lipinski definition) is 2. The van der Waals surface area contributed by atoms with E-state index in [-0.39, 0.29) is 5.78 Å². The van der Waals surface area contributed by atoms with Crippen LogP contribution in [0.25, 0.3) is 0 Å². The lowest BCUT2D eigenvalue weighted by Crippen LogP contribution is -2.00. The number of nitrogens with zero attached hydrogens (tertiary/aromatic N) is 1. The van der Waals surface area contributed by atoms with Crippen molar-refractivity contribution in [2.24, 2.45) is 0 Å². The summed E-state index contributed by atoms with van der Waals surface area (Å²) in [6, 6.07) is 0. The van der Waals surface area contributed by atoms with Crippen molar-refractivity contribution >= 4 is 5.78 Å². The largest absolute Gasteiger partial charge is 0.361 e. The molecule has 0 aromatic carbocycles. The molecule has 0 saturated heterocycles. The van der Waals surface area contributed by atoms with Crippen molar-refractivity contribution in [2.45, 2.75) is 39.3 Å². The zero-order chi connectivity index (χ0) is 10.7. The maximum atomic E-state index is 11.7. The van der Waals surface area contributed by atoms with Gasteiger partial charge in [0.1, 0.15) is 6.73 Å². The fourth-order valence-corrected chi connectivity index (χ4v) is 2.01. The Morgan fingerprint density at radius 3 is 2.93 bits per heavy atom. The van der Waals surface area contributed by atoms with E-state index in [0.717, 1.165) is 24.8 Å². The number of ketones is 1. The molecular weight excluding hydrogens is 190 g/mol. The van der Waals surface area contributed by atoms with Gasteiger partial charge in [0.05, 0.1) is 0 Å². The fraction of sp³-hybridized carbons (Fsp3) is 0.583. The summed E-state index contributed by atoms with van der Waals surface area (Å²) in [6.45, 7) is 3.23. The first-order chi connectivity index (χ1) is 7.31. The van der Waals surface area contributed by atoms with Crippen molar-refractivity contribution in [3.63, 3.8) is 0 Å². The second-order valence-corrected chi connectivity index (χ2v) is 3.96. The average molecular weight is 207 g/mol. The topological polar surface area (TPSA) is 31.2 Å². The van der Waals surface area contributed by atoms with Gasteiger partial charge < -0.3 is 9.30 Å². The van der Waals surface area contributed by atoms with Gasteiger partial charge in [0.2, 0.25) is 0 Å². The summed E-state index contributed by atoms with van der Waals surface area (Å²) >= 11 is 0. The van der Waals surface area contributed by atoms with Crippen LogP contribution < -0.4 is 0 Å². The Kier molecular flexibility index (Phi) is 3.21. The minimum atomic E-state index is 0.290. The zero-order valence-corrected chi connectivity index (χ0v) is 9.16. The van der Waals surface area contributed by atoms with Crippen molar-refractivity contribution in [3.05, 3.63) is 23.5 Å². The Hall–Kier alpha value is -1.09. The quantitative estimate of drug-likeness (QED) is 0.713. The van der Waals surface area contributed by atoms with Crippen LogP contribution in [0, 0.1) is 0 Å². The van der Waals surface area contributed by atoms with Crippen molar-refractivity contribution in [3.8, 4) is 0 Å². The molecule has 1 aliphatic rings. The lowest BCUT2D eigenvalue weighted by Gasteiger charge is -2.01. The second-order valence-electron chi connectivity index (χ2n) is 3.96. The molecule has 1 aromatic heterocycles. The summed E-state index contributed by atoms with van der Waals surface area (Å²) < 4.78 is 7.29. The van der Waals surface area contributed by atoms with E-state index in [4.69, 9.17) is 4.74 Å². The van der Waals surface area contributed by atoms with Crippen LogP contribution in [0.5, 0.6) is 0 Å². The van der Waals surface area contributed by atoms with Gasteiger partial charge in [-0.1, -0.05) is 0 Å². The molecule has 0 N–H and O–H groups in total. The normalized spacial score (nSPS) is 16.2. The van der Waals surface area contributed by atoms with Gasteiger partial charge in [-0.05, 0) is 31.7 Å². The summed E-state index contributed by atoms with van der Waals surface area (Å²) in [7, 11) is 0. The van der Waals surface area contributed by atoms with Crippen LogP contribution in [0.15, 0.2) is 12.4 Å². The number of carbonyl (C=O) groups is 1. The molecule has 0 saturated carbocycles. The molecule has 0 aliphatic heterocycles. The van der Waals surface area contributed by atoms with Crippen LogP contribution in [-0.2, 0) is 17.9 Å². The van der Waals surface area contributed by atoms with Gasteiger partial charge in [0.25, 0.3) is 0 Å². The SMILES string of the molecule is CCOCn1cc2c(c1)C(=O)CCCC2. The van der Waals surface area contributed by atoms with E-state index in [1.807, 2.05) is 23.9 Å². The summed E-state index contributed by atoms with van der Waals surface area (Å²) in [4.78, 5) is 11.7. The molecule has 0 bridgehead atoms. The Morgan fingerprint density at radius 1 is 1.33 bits per heavy atom. The van der Waals surface area contributed by atoms with Crippen molar-refractivity contribution in [2.75, 3.05) is 6.61 Å². The van der Waals surface area contributed by atoms with Gasteiger partial charge in [-0.15, -0.1) is 0 Å². The molecule has 3 heteroatoms. The summed E-state index contributed by atoms with van der Waals surface area (Å²) in [5.74, 6) is 0.290. The Bertz CT molecular complexity index is 355. The smallest absolute Gasteiger partial charge is 0.164 e. The van der Waals surface area contributed by atoms with Crippen LogP contribution in [0.1, 0.15) is 42.1 Å². The Morgan fingerprint density at radius 2 is 2.13 bits per heavy atom. The van der Waals surface area contributed by atoms with Gasteiger partial charge >= 0.3 is 0 Å². The minimum Gasteiger partial charge on any atom is -0.361 e. The molecule has 0 spiro atoms. The lowest BCUT2D eigenvalue weighted by molar-refractivity contribution is 0.0876. The van der Waals surface area contributed by atoms with Crippen molar-refractivity contribution < 1.29 is 9.53 Å². The number of aryl methyl sites for hydroxylation is 1. The number of aromatic nitrogens is 1. The monoisotopic (exact) mass is 207 g/mol. The van der Waals surface area contributed by atoms with Gasteiger partial charge in [0, 0.05) is 31.0 Å². The Labute approximate surface area is 90.0 Å². The highest BCUT2D eigenvalue weighted by atomic mass is 16.5. The number of carbonyl (C=O) groups excluding carboxylic acids is 1. The molecule has 0 fully saturated rings. The first-order valence-corrected chi connectivity index (χ1v) is 5.61. The summed E-state index contributed by atoms with van der Waals surface area (Å²) in [5.41, 5.74) is 2.10. The van der Waals surface area contributed by atoms with Gasteiger partial charge in [0.15, 0.2) is 5.78 Å². The predicted octanol–water partition coefficient (Wildman–Crippen LogP) is 2.39. The van der Waals surface area contributed by atoms with E-state index in [0.29, 0.717) is 19.8 Å². The fourth-order valence-electron chi connectivity index (χ4n) is 2.01. The molecule has 0 radical (unpaired) electrons. The molecule has 1 aromatic rings. The molecule has 15 heavy (non-hydrogen) atoms. The highest BCUT2D eigenvalue weighted by Crippen LogP contribution is 2.21. The van der Waals surface area contributed by atoms with E-state index in [2.05, 4.69) is 0 Å². The minimum absolute atomic E-state index is 0.290. The molecule has 0 unspecified atom stereocenters. The first-order valence-electron chi connectivity index (χ1n) is 5.61. The van der Waals surface area contributed by atoms with E-state index >= 15 is 0 Å². The predicted molar refractivity (Wildman–Crippen MR) is 57.9 cm³/mol. The number of rotatable bonds is 3. The maximum Gasteiger partial charge on any atom is 0.164 e. The van der Waals surface area contributed by atoms with Gasteiger partial charge in [-0.3, -0.25) is 4.79 Å². The molecule has 3 nitrogen and oxygen atoms in total. The van der Waals surface area contributed by atoms with Gasteiger partial charge in [-0.25, -0.2) is 0 Å². The molecule has 82 valence electrons. The summed E-state index contributed by atoms with van der Waals surface area (Å²) in [6.07, 6.45) is 7.86. The Balaban J connectivity index is 2.18. The van der Waals surface area contributed by atoms with Crippen LogP contribution in [-0.4, -0.2) is 17.0 Å². The lowest BCUT2D eigenvalue weighted by atomic mass is 10.1. The van der Waals surface area contributed by atoms with E-state index < -0.39 is 0 Å². The maximum absolute atomic E-state index is 11.7. The van der Waals surface area contributed by atoms with E-state index in [1.165, 1.54) is 5.56 Å². The van der Waals surface area contributed by atoms with Crippen molar-refractivity contribution in [1.29, 1.82) is 0 Å². The van der Waals surface area contributed by atoms with Gasteiger partial charge in [-0.2, -0.15) is 0 Å². The third-order valence-corrected chi connectivity index (χ3v) is 2.81. The molecular formula is C12H17NO2. The summed E-state index contributed by atoms with van der Waals surface area (Å²) in [5, 5.41) is 0. The zero-order valence-electron chi connectivity index (χ0n) is 9.16. The van der Waals surface area contributed by atoms with Crippen LogP contribution in [0.3, 0.4) is 0 Å². The third-order valence-electron chi connectivity index (χ3n) is 2.81. The number of hydrogen-bond donors (Lipinski definition) is 0. The molecule has 0 amide bonds. The molecule has 1 heterocycles.